The van der Waals surface area contributed by atoms with E-state index in [0.29, 0.717) is 5.38 Å². The second-order valence-electron chi connectivity index (χ2n) is 3.44. The predicted molar refractivity (Wildman–Crippen MR) is 52.3 cm³/mol. The van der Waals surface area contributed by atoms with E-state index in [4.69, 9.17) is 11.6 Å². The van der Waals surface area contributed by atoms with Gasteiger partial charge in [0.25, 0.3) is 0 Å². The van der Waals surface area contributed by atoms with Crippen LogP contribution < -0.4 is 5.32 Å². The summed E-state index contributed by atoms with van der Waals surface area (Å²) in [6.45, 7) is 8.60. The van der Waals surface area contributed by atoms with Crippen LogP contribution >= 0.6 is 11.6 Å². The zero-order valence-electron chi connectivity index (χ0n) is 7.86. The molecule has 0 radical (unpaired) electrons. The van der Waals surface area contributed by atoms with E-state index < -0.39 is 0 Å². The van der Waals surface area contributed by atoms with Gasteiger partial charge in [-0.05, 0) is 18.9 Å². The van der Waals surface area contributed by atoms with Crippen molar-refractivity contribution in [2.45, 2.75) is 39.0 Å². The van der Waals surface area contributed by atoms with Crippen LogP contribution in [0.2, 0.25) is 0 Å². The Morgan fingerprint density at radius 2 is 1.91 bits per heavy atom. The normalized spacial score (nSPS) is 13.9. The quantitative estimate of drug-likeness (QED) is 0.616. The number of halogens is 1. The van der Waals surface area contributed by atoms with Crippen LogP contribution in [0.15, 0.2) is 0 Å². The summed E-state index contributed by atoms with van der Waals surface area (Å²) in [4.78, 5) is 0. The summed E-state index contributed by atoms with van der Waals surface area (Å²) >= 11 is 6.00. The van der Waals surface area contributed by atoms with Gasteiger partial charge in [-0.2, -0.15) is 0 Å². The molecule has 0 aliphatic heterocycles. The van der Waals surface area contributed by atoms with Gasteiger partial charge in [0.1, 0.15) is 0 Å². The molecule has 0 bridgehead atoms. The zero-order chi connectivity index (χ0) is 8.69. The molecule has 1 unspecified atom stereocenters. The lowest BCUT2D eigenvalue weighted by molar-refractivity contribution is 0.537. The van der Waals surface area contributed by atoms with Gasteiger partial charge in [-0.1, -0.05) is 27.2 Å². The molecule has 0 aliphatic carbocycles. The van der Waals surface area contributed by atoms with Crippen molar-refractivity contribution in [1.29, 1.82) is 0 Å². The van der Waals surface area contributed by atoms with E-state index >= 15 is 0 Å². The minimum atomic E-state index is 0.318. The molecule has 0 saturated carbocycles. The number of rotatable bonds is 6. The second kappa shape index (κ2) is 6.93. The van der Waals surface area contributed by atoms with Gasteiger partial charge in [0, 0.05) is 11.9 Å². The molecule has 0 rings (SSSR count). The number of hydrogen-bond acceptors (Lipinski definition) is 1. The molecule has 68 valence electrons. The van der Waals surface area contributed by atoms with E-state index in [1.807, 2.05) is 0 Å². The maximum atomic E-state index is 6.00. The fourth-order valence-corrected chi connectivity index (χ4v) is 1.27. The van der Waals surface area contributed by atoms with Gasteiger partial charge < -0.3 is 5.32 Å². The molecule has 0 aromatic heterocycles. The van der Waals surface area contributed by atoms with E-state index in [2.05, 4.69) is 26.1 Å². The van der Waals surface area contributed by atoms with Crippen LogP contribution in [0.3, 0.4) is 0 Å². The lowest BCUT2D eigenvalue weighted by Crippen LogP contribution is -2.26. The second-order valence-corrected chi connectivity index (χ2v) is 4.06. The highest BCUT2D eigenvalue weighted by Crippen LogP contribution is 2.03. The Balaban J connectivity index is 3.10. The maximum absolute atomic E-state index is 6.00. The molecule has 0 fully saturated rings. The molecular weight excluding hydrogens is 158 g/mol. The summed E-state index contributed by atoms with van der Waals surface area (Å²) in [6, 6.07) is 0. The Bertz CT molecular complexity index is 83.6. The highest BCUT2D eigenvalue weighted by molar-refractivity contribution is 6.20. The summed E-state index contributed by atoms with van der Waals surface area (Å²) in [5.74, 6) is 0.723. The Labute approximate surface area is 75.5 Å². The van der Waals surface area contributed by atoms with Crippen molar-refractivity contribution in [2.75, 3.05) is 13.1 Å². The average Bonchev–Trinajstić information content (AvgIpc) is 1.87. The first kappa shape index (κ1) is 11.2. The van der Waals surface area contributed by atoms with Gasteiger partial charge >= 0.3 is 0 Å². The van der Waals surface area contributed by atoms with E-state index in [9.17, 15) is 0 Å². The summed E-state index contributed by atoms with van der Waals surface area (Å²) in [5, 5.41) is 3.66. The molecule has 2 heteroatoms. The smallest absolute Gasteiger partial charge is 0.0460 e. The Kier molecular flexibility index (Phi) is 7.09. The minimum Gasteiger partial charge on any atom is -0.315 e. The third-order valence-electron chi connectivity index (χ3n) is 1.52. The Morgan fingerprint density at radius 3 is 2.36 bits per heavy atom. The Morgan fingerprint density at radius 1 is 1.27 bits per heavy atom. The summed E-state index contributed by atoms with van der Waals surface area (Å²) in [5.41, 5.74) is 0. The molecule has 11 heavy (non-hydrogen) atoms. The molecule has 0 amide bonds. The third kappa shape index (κ3) is 8.15. The van der Waals surface area contributed by atoms with Crippen molar-refractivity contribution in [2.24, 2.45) is 5.92 Å². The van der Waals surface area contributed by atoms with Crippen LogP contribution in [-0.2, 0) is 0 Å². The van der Waals surface area contributed by atoms with Gasteiger partial charge in [0.15, 0.2) is 0 Å². The lowest BCUT2D eigenvalue weighted by atomic mass is 10.2. The van der Waals surface area contributed by atoms with E-state index in [0.717, 1.165) is 25.4 Å². The monoisotopic (exact) mass is 177 g/mol. The first-order valence-corrected chi connectivity index (χ1v) is 4.95. The van der Waals surface area contributed by atoms with E-state index in [1.165, 1.54) is 6.42 Å². The van der Waals surface area contributed by atoms with Crippen molar-refractivity contribution < 1.29 is 0 Å². The lowest BCUT2D eigenvalue weighted by Gasteiger charge is -2.10. The molecule has 1 N–H and O–H groups in total. The largest absolute Gasteiger partial charge is 0.315 e. The van der Waals surface area contributed by atoms with E-state index in [-0.39, 0.29) is 0 Å². The first-order valence-electron chi connectivity index (χ1n) is 4.51. The fraction of sp³-hybridized carbons (Fsp3) is 1.00. The summed E-state index contributed by atoms with van der Waals surface area (Å²) in [7, 11) is 0. The van der Waals surface area contributed by atoms with Crippen molar-refractivity contribution in [3.63, 3.8) is 0 Å². The van der Waals surface area contributed by atoms with Crippen LogP contribution in [0.4, 0.5) is 0 Å². The van der Waals surface area contributed by atoms with Crippen LogP contribution in [0.25, 0.3) is 0 Å². The van der Waals surface area contributed by atoms with Crippen molar-refractivity contribution in [3.05, 3.63) is 0 Å². The number of nitrogens with one attached hydrogen (secondary N) is 1. The van der Waals surface area contributed by atoms with Crippen molar-refractivity contribution >= 4 is 11.6 Å². The van der Waals surface area contributed by atoms with Gasteiger partial charge in [-0.3, -0.25) is 0 Å². The van der Waals surface area contributed by atoms with E-state index in [1.54, 1.807) is 0 Å². The van der Waals surface area contributed by atoms with Gasteiger partial charge in [0.05, 0.1) is 0 Å². The average molecular weight is 178 g/mol. The number of alkyl halides is 1. The summed E-state index contributed by atoms with van der Waals surface area (Å²) in [6.07, 6.45) is 2.30. The van der Waals surface area contributed by atoms with Crippen LogP contribution in [0, 0.1) is 5.92 Å². The number of hydrogen-bond donors (Lipinski definition) is 1. The van der Waals surface area contributed by atoms with Crippen molar-refractivity contribution in [3.8, 4) is 0 Å². The predicted octanol–water partition coefficient (Wildman–Crippen LogP) is 2.64. The third-order valence-corrected chi connectivity index (χ3v) is 1.89. The summed E-state index contributed by atoms with van der Waals surface area (Å²) < 4.78 is 0. The Hall–Kier alpha value is 0.250. The first-order chi connectivity index (χ1) is 5.16. The molecule has 0 aromatic rings. The molecule has 0 aromatic carbocycles. The van der Waals surface area contributed by atoms with Crippen LogP contribution in [0.5, 0.6) is 0 Å². The standard InChI is InChI=1S/C9H20ClN/c1-4-5-9(10)7-11-6-8(2)3/h8-9,11H,4-7H2,1-3H3. The van der Waals surface area contributed by atoms with Gasteiger partial charge in [-0.15, -0.1) is 11.6 Å². The molecule has 0 spiro atoms. The van der Waals surface area contributed by atoms with Gasteiger partial charge in [0.2, 0.25) is 0 Å². The fourth-order valence-electron chi connectivity index (χ4n) is 0.944. The molecule has 1 nitrogen and oxygen atoms in total. The minimum absolute atomic E-state index is 0.318. The maximum Gasteiger partial charge on any atom is 0.0460 e. The highest BCUT2D eigenvalue weighted by atomic mass is 35.5. The molecule has 0 aliphatic rings. The molecule has 0 saturated heterocycles. The van der Waals surface area contributed by atoms with Crippen LogP contribution in [0.1, 0.15) is 33.6 Å². The SMILES string of the molecule is CCCC(Cl)CNCC(C)C. The molecule has 0 heterocycles. The van der Waals surface area contributed by atoms with Crippen molar-refractivity contribution in [1.82, 2.24) is 5.32 Å². The molecule has 1 atom stereocenters. The highest BCUT2D eigenvalue weighted by Gasteiger charge is 2.01. The molecular formula is C9H20ClN. The van der Waals surface area contributed by atoms with Crippen LogP contribution in [-0.4, -0.2) is 18.5 Å². The van der Waals surface area contributed by atoms with Gasteiger partial charge in [-0.25, -0.2) is 0 Å². The topological polar surface area (TPSA) is 12.0 Å². The zero-order valence-corrected chi connectivity index (χ0v) is 8.62.